The summed E-state index contributed by atoms with van der Waals surface area (Å²) in [6, 6.07) is 25.4. The van der Waals surface area contributed by atoms with Crippen molar-refractivity contribution in [2.45, 2.75) is 30.6 Å². The monoisotopic (exact) mass is 609 g/mol. The highest BCUT2D eigenvalue weighted by molar-refractivity contribution is 8.16. The lowest BCUT2D eigenvalue weighted by Gasteiger charge is -2.34. The van der Waals surface area contributed by atoms with Crippen LogP contribution >= 0.6 is 23.4 Å². The number of nitrogens with zero attached hydrogens (tertiary/aromatic N) is 3. The average Bonchev–Trinajstić information content (AvgIpc) is 3.44. The van der Waals surface area contributed by atoms with Crippen molar-refractivity contribution in [3.05, 3.63) is 89.4 Å². The first-order valence-corrected chi connectivity index (χ1v) is 17.0. The summed E-state index contributed by atoms with van der Waals surface area (Å²) in [6.45, 7) is 1.80. The summed E-state index contributed by atoms with van der Waals surface area (Å²) in [5.74, 6) is 0.932. The number of rotatable bonds is 7. The van der Waals surface area contributed by atoms with Gasteiger partial charge in [-0.25, -0.2) is 8.42 Å². The molecule has 0 bridgehead atoms. The maximum Gasteiger partial charge on any atom is 0.285 e. The van der Waals surface area contributed by atoms with E-state index in [4.69, 9.17) is 16.3 Å². The van der Waals surface area contributed by atoms with E-state index in [0.29, 0.717) is 21.9 Å². The number of benzene rings is 3. The predicted molar refractivity (Wildman–Crippen MR) is 167 cm³/mol. The number of halogens is 1. The summed E-state index contributed by atoms with van der Waals surface area (Å²) in [6.07, 6.45) is 3.42. The molecule has 0 N–H and O–H groups in total. The molecular weight excluding hydrogens is 578 g/mol. The first-order chi connectivity index (χ1) is 19.8. The summed E-state index contributed by atoms with van der Waals surface area (Å²) in [5.41, 5.74) is 3.40. The van der Waals surface area contributed by atoms with E-state index >= 15 is 0 Å². The first kappa shape index (κ1) is 28.1. The molecule has 3 saturated heterocycles. The fourth-order valence-corrected chi connectivity index (χ4v) is 9.91. The molecular formula is C31H32ClN3O4S2. The fraction of sp³-hybridized carbons (Fsp3) is 0.355. The second-order valence-corrected chi connectivity index (χ2v) is 14.6. The lowest BCUT2D eigenvalue weighted by atomic mass is 9.90. The molecule has 10 heteroatoms. The largest absolute Gasteiger partial charge is 0.484 e. The minimum absolute atomic E-state index is 0.0514. The Kier molecular flexibility index (Phi) is 8.28. The van der Waals surface area contributed by atoms with Crippen LogP contribution in [0.5, 0.6) is 5.75 Å². The van der Waals surface area contributed by atoms with Crippen molar-refractivity contribution in [2.24, 2.45) is 10.9 Å². The van der Waals surface area contributed by atoms with Gasteiger partial charge in [0.15, 0.2) is 21.6 Å². The van der Waals surface area contributed by atoms with Crippen LogP contribution in [-0.2, 0) is 21.1 Å². The quantitative estimate of drug-likeness (QED) is 0.351. The van der Waals surface area contributed by atoms with Crippen molar-refractivity contribution in [1.29, 1.82) is 0 Å². The molecule has 1 amide bonds. The molecule has 0 radical (unpaired) electrons. The molecule has 3 fully saturated rings. The molecule has 41 heavy (non-hydrogen) atoms. The minimum atomic E-state index is -3.15. The lowest BCUT2D eigenvalue weighted by molar-refractivity contribution is -0.119. The molecule has 2 unspecified atom stereocenters. The number of ether oxygens (including phenoxy) is 1. The van der Waals surface area contributed by atoms with Gasteiger partial charge in [-0.1, -0.05) is 53.7 Å². The van der Waals surface area contributed by atoms with Crippen molar-refractivity contribution < 1.29 is 17.9 Å². The van der Waals surface area contributed by atoms with Gasteiger partial charge in [0.1, 0.15) is 5.75 Å². The van der Waals surface area contributed by atoms with Gasteiger partial charge < -0.3 is 14.5 Å². The standard InChI is InChI=1S/C31H32ClN3O4S2/c32-24-6-12-27(13-7-24)39-19-30(36)33-31-35(28-20-41(37,38)21-29(28)40-31)26-10-8-25(9-11-26)34-16-14-23(15-17-34)18-22-4-2-1-3-5-22/h1-13,23,28-29H,14-21H2. The van der Waals surface area contributed by atoms with Gasteiger partial charge in [0, 0.05) is 34.7 Å². The van der Waals surface area contributed by atoms with E-state index in [-0.39, 0.29) is 29.4 Å². The smallest absolute Gasteiger partial charge is 0.285 e. The zero-order valence-corrected chi connectivity index (χ0v) is 25.0. The molecule has 2 atom stereocenters. The molecule has 3 aliphatic heterocycles. The maximum atomic E-state index is 12.8. The number of fused-ring (bicyclic) bond motifs is 1. The van der Waals surface area contributed by atoms with Crippen LogP contribution in [0.2, 0.25) is 5.02 Å². The third-order valence-electron chi connectivity index (χ3n) is 7.94. The van der Waals surface area contributed by atoms with Gasteiger partial charge in [0.25, 0.3) is 5.91 Å². The lowest BCUT2D eigenvalue weighted by Crippen LogP contribution is -2.38. The minimum Gasteiger partial charge on any atom is -0.484 e. The summed E-state index contributed by atoms with van der Waals surface area (Å²) in [4.78, 5) is 21.5. The van der Waals surface area contributed by atoms with Crippen LogP contribution in [0.25, 0.3) is 0 Å². The van der Waals surface area contributed by atoms with Crippen molar-refractivity contribution in [3.8, 4) is 5.75 Å². The van der Waals surface area contributed by atoms with Crippen LogP contribution in [0.15, 0.2) is 83.9 Å². The third-order valence-corrected chi connectivity index (χ3v) is 11.4. The molecule has 214 valence electrons. The average molecular weight is 610 g/mol. The van der Waals surface area contributed by atoms with Crippen LogP contribution in [0.4, 0.5) is 11.4 Å². The molecule has 3 aromatic rings. The van der Waals surface area contributed by atoms with Crippen LogP contribution in [0.3, 0.4) is 0 Å². The molecule has 3 heterocycles. The van der Waals surface area contributed by atoms with Crippen molar-refractivity contribution in [2.75, 3.05) is 41.0 Å². The van der Waals surface area contributed by atoms with E-state index in [1.807, 2.05) is 17.0 Å². The summed E-state index contributed by atoms with van der Waals surface area (Å²) in [7, 11) is -3.15. The van der Waals surface area contributed by atoms with E-state index in [1.54, 1.807) is 24.3 Å². The molecule has 3 aromatic carbocycles. The summed E-state index contributed by atoms with van der Waals surface area (Å²) >= 11 is 7.28. The topological polar surface area (TPSA) is 79.3 Å². The maximum absolute atomic E-state index is 12.8. The molecule has 7 nitrogen and oxygen atoms in total. The van der Waals surface area contributed by atoms with E-state index in [2.05, 4.69) is 52.4 Å². The molecule has 0 saturated carbocycles. The Morgan fingerprint density at radius 2 is 1.61 bits per heavy atom. The first-order valence-electron chi connectivity index (χ1n) is 13.9. The summed E-state index contributed by atoms with van der Waals surface area (Å²) < 4.78 is 30.5. The van der Waals surface area contributed by atoms with Crippen LogP contribution in [-0.4, -0.2) is 62.0 Å². The van der Waals surface area contributed by atoms with E-state index in [9.17, 15) is 13.2 Å². The number of sulfone groups is 1. The third kappa shape index (κ3) is 6.74. The van der Waals surface area contributed by atoms with Crippen LogP contribution < -0.4 is 14.5 Å². The van der Waals surface area contributed by atoms with Gasteiger partial charge in [-0.2, -0.15) is 4.99 Å². The van der Waals surface area contributed by atoms with Gasteiger partial charge in [0.2, 0.25) is 0 Å². The Bertz CT molecular complexity index is 1510. The Labute approximate surface area is 250 Å². The van der Waals surface area contributed by atoms with Crippen LogP contribution in [0, 0.1) is 5.92 Å². The van der Waals surface area contributed by atoms with E-state index < -0.39 is 15.7 Å². The highest BCUT2D eigenvalue weighted by Crippen LogP contribution is 2.41. The number of anilines is 2. The molecule has 0 aliphatic carbocycles. The molecule has 6 rings (SSSR count). The second kappa shape index (κ2) is 12.1. The molecule has 3 aliphatic rings. The number of carbonyl (C=O) groups excluding carboxylic acids is 1. The van der Waals surface area contributed by atoms with Gasteiger partial charge in [-0.3, -0.25) is 4.79 Å². The number of piperidine rings is 1. The van der Waals surface area contributed by atoms with Gasteiger partial charge in [-0.15, -0.1) is 0 Å². The Balaban J connectivity index is 1.13. The number of amidine groups is 1. The Morgan fingerprint density at radius 1 is 0.927 bits per heavy atom. The van der Waals surface area contributed by atoms with Crippen molar-refractivity contribution >= 4 is 55.6 Å². The van der Waals surface area contributed by atoms with Crippen LogP contribution in [0.1, 0.15) is 18.4 Å². The number of aliphatic imine (C=N–C) groups is 1. The zero-order chi connectivity index (χ0) is 28.4. The number of carbonyl (C=O) groups is 1. The van der Waals surface area contributed by atoms with Crippen molar-refractivity contribution in [3.63, 3.8) is 0 Å². The number of hydrogen-bond acceptors (Lipinski definition) is 6. The fourth-order valence-electron chi connectivity index (χ4n) is 5.85. The molecule has 0 spiro atoms. The van der Waals surface area contributed by atoms with Crippen molar-refractivity contribution in [1.82, 2.24) is 0 Å². The zero-order valence-electron chi connectivity index (χ0n) is 22.6. The second-order valence-electron chi connectivity index (χ2n) is 10.8. The van der Waals surface area contributed by atoms with Gasteiger partial charge in [-0.05, 0) is 79.3 Å². The Hall–Kier alpha value is -3.01. The van der Waals surface area contributed by atoms with Gasteiger partial charge in [0.05, 0.1) is 17.5 Å². The normalized spacial score (nSPS) is 23.1. The number of amides is 1. The van der Waals surface area contributed by atoms with E-state index in [0.717, 1.165) is 43.7 Å². The van der Waals surface area contributed by atoms with E-state index in [1.165, 1.54) is 17.3 Å². The number of hydrogen-bond donors (Lipinski definition) is 0. The molecule has 0 aromatic heterocycles. The highest BCUT2D eigenvalue weighted by atomic mass is 35.5. The highest BCUT2D eigenvalue weighted by Gasteiger charge is 2.49. The number of thioether (sulfide) groups is 1. The summed E-state index contributed by atoms with van der Waals surface area (Å²) in [5, 5.41) is 0.947. The van der Waals surface area contributed by atoms with Gasteiger partial charge >= 0.3 is 0 Å². The predicted octanol–water partition coefficient (Wildman–Crippen LogP) is 5.48. The Morgan fingerprint density at radius 3 is 2.32 bits per heavy atom. The SMILES string of the molecule is O=C(COc1ccc(Cl)cc1)N=C1SC2CS(=O)(=O)CC2N1c1ccc(N2CCC(Cc3ccccc3)CC2)cc1.